The molecule has 29 heavy (non-hydrogen) atoms. The van der Waals surface area contributed by atoms with Crippen LogP contribution in [0.25, 0.3) is 0 Å². The van der Waals surface area contributed by atoms with E-state index in [1.807, 2.05) is 39.0 Å². The minimum Gasteiger partial charge on any atom is -0.497 e. The van der Waals surface area contributed by atoms with Crippen molar-refractivity contribution in [1.29, 1.82) is 0 Å². The van der Waals surface area contributed by atoms with Gasteiger partial charge >= 0.3 is 0 Å². The summed E-state index contributed by atoms with van der Waals surface area (Å²) in [6.45, 7) is 7.98. The second-order valence-corrected chi connectivity index (χ2v) is 7.73. The van der Waals surface area contributed by atoms with Crippen LogP contribution in [0.3, 0.4) is 0 Å². The number of nitrogens with zero attached hydrogens (tertiary/aromatic N) is 1. The van der Waals surface area contributed by atoms with Crippen LogP contribution in [0.2, 0.25) is 0 Å². The van der Waals surface area contributed by atoms with Gasteiger partial charge in [0.2, 0.25) is 0 Å². The van der Waals surface area contributed by atoms with E-state index in [2.05, 4.69) is 9.88 Å². The maximum absolute atomic E-state index is 13.4. The van der Waals surface area contributed by atoms with E-state index >= 15 is 0 Å². The monoisotopic (exact) mass is 398 g/mol. The smallest absolute Gasteiger partial charge is 0.196 e. The lowest BCUT2D eigenvalue weighted by Crippen LogP contribution is -2.39. The largest absolute Gasteiger partial charge is 0.497 e. The second-order valence-electron chi connectivity index (χ2n) is 7.73. The number of aromatic nitrogens is 1. The molecule has 1 saturated heterocycles. The van der Waals surface area contributed by atoms with Crippen LogP contribution < -0.4 is 9.47 Å². The third-order valence-electron chi connectivity index (χ3n) is 6.00. The topological polar surface area (TPSA) is 71.6 Å². The lowest BCUT2D eigenvalue weighted by atomic mass is 9.99. The third-order valence-corrected chi connectivity index (χ3v) is 6.00. The molecule has 6 nitrogen and oxygen atoms in total. The molecule has 1 fully saturated rings. The fourth-order valence-corrected chi connectivity index (χ4v) is 4.57. The number of ketones is 2. The van der Waals surface area contributed by atoms with Crippen LogP contribution in [0.5, 0.6) is 11.5 Å². The summed E-state index contributed by atoms with van der Waals surface area (Å²) in [4.78, 5) is 30.7. The summed E-state index contributed by atoms with van der Waals surface area (Å²) in [5, 5.41) is 0. The van der Waals surface area contributed by atoms with Gasteiger partial charge in [0.05, 0.1) is 26.0 Å². The molecule has 156 valence electrons. The lowest BCUT2D eigenvalue weighted by Gasteiger charge is -2.31. The average molecular weight is 399 g/mol. The van der Waals surface area contributed by atoms with Crippen molar-refractivity contribution in [3.05, 3.63) is 46.3 Å². The van der Waals surface area contributed by atoms with Gasteiger partial charge in [-0.1, -0.05) is 0 Å². The molecule has 0 amide bonds. The fourth-order valence-electron chi connectivity index (χ4n) is 4.57. The van der Waals surface area contributed by atoms with Crippen LogP contribution in [0, 0.1) is 13.8 Å². The van der Waals surface area contributed by atoms with Gasteiger partial charge < -0.3 is 14.5 Å². The quantitative estimate of drug-likeness (QED) is 0.706. The summed E-state index contributed by atoms with van der Waals surface area (Å²) in [6, 6.07) is 5.54. The highest BCUT2D eigenvalue weighted by atomic mass is 16.5. The molecule has 0 unspecified atom stereocenters. The van der Waals surface area contributed by atoms with Crippen LogP contribution in [-0.2, 0) is 0 Å². The normalized spacial score (nSPS) is 17.9. The molecule has 1 aliphatic rings. The Labute approximate surface area is 172 Å². The molecule has 1 aromatic carbocycles. The van der Waals surface area contributed by atoms with Gasteiger partial charge in [0, 0.05) is 22.9 Å². The summed E-state index contributed by atoms with van der Waals surface area (Å²) >= 11 is 0. The zero-order chi connectivity index (χ0) is 21.3. The Bertz CT molecular complexity index is 931. The van der Waals surface area contributed by atoms with Gasteiger partial charge in [-0.05, 0) is 70.8 Å². The summed E-state index contributed by atoms with van der Waals surface area (Å²) in [5.74, 6) is 1.55. The minimum absolute atomic E-state index is 0.00635. The van der Waals surface area contributed by atoms with Crippen LogP contribution in [0.1, 0.15) is 70.4 Å². The minimum atomic E-state index is -0.324. The highest BCUT2D eigenvalue weighted by Gasteiger charge is 2.36. The molecule has 6 heteroatoms. The molecule has 0 radical (unpaired) electrons. The number of methoxy groups -OCH3 is 2. The summed E-state index contributed by atoms with van der Waals surface area (Å²) < 4.78 is 11.0. The number of rotatable bonds is 7. The van der Waals surface area contributed by atoms with E-state index in [9.17, 15) is 9.59 Å². The maximum Gasteiger partial charge on any atom is 0.196 e. The lowest BCUT2D eigenvalue weighted by molar-refractivity contribution is 0.0812. The molecular weight excluding hydrogens is 368 g/mol. The van der Waals surface area contributed by atoms with Crippen molar-refractivity contribution in [3.8, 4) is 11.5 Å². The van der Waals surface area contributed by atoms with Crippen LogP contribution in [-0.4, -0.2) is 48.3 Å². The molecule has 0 bridgehead atoms. The number of H-pyrrole nitrogens is 1. The molecule has 1 N–H and O–H groups in total. The fraction of sp³-hybridized carbons (Fsp3) is 0.478. The van der Waals surface area contributed by atoms with Crippen molar-refractivity contribution in [1.82, 2.24) is 9.88 Å². The number of carbonyl (C=O) groups is 2. The first-order chi connectivity index (χ1) is 13.8. The number of carbonyl (C=O) groups excluding carboxylic acids is 2. The van der Waals surface area contributed by atoms with E-state index in [1.165, 1.54) is 6.92 Å². The van der Waals surface area contributed by atoms with E-state index in [0.717, 1.165) is 47.7 Å². The highest BCUT2D eigenvalue weighted by Crippen LogP contribution is 2.40. The van der Waals surface area contributed by atoms with Gasteiger partial charge in [-0.15, -0.1) is 0 Å². The molecule has 2 aromatic rings. The van der Waals surface area contributed by atoms with Crippen molar-refractivity contribution in [2.24, 2.45) is 0 Å². The highest BCUT2D eigenvalue weighted by molar-refractivity contribution is 6.05. The number of likely N-dealkylation sites (tertiary alicyclic amines) is 1. The van der Waals surface area contributed by atoms with Crippen molar-refractivity contribution >= 4 is 11.6 Å². The van der Waals surface area contributed by atoms with Gasteiger partial charge in [-0.3, -0.25) is 14.5 Å². The number of aryl methyl sites for hydroxylation is 1. The maximum atomic E-state index is 13.4. The summed E-state index contributed by atoms with van der Waals surface area (Å²) in [7, 11) is 3.31. The van der Waals surface area contributed by atoms with Crippen molar-refractivity contribution < 1.29 is 19.1 Å². The molecule has 2 atom stereocenters. The molecule has 0 saturated carbocycles. The number of benzene rings is 1. The van der Waals surface area contributed by atoms with E-state index < -0.39 is 0 Å². The molecule has 3 rings (SSSR count). The molecule has 0 aliphatic carbocycles. The first-order valence-corrected chi connectivity index (χ1v) is 10.0. The average Bonchev–Trinajstić information content (AvgIpc) is 3.30. The zero-order valence-corrected chi connectivity index (χ0v) is 18.1. The van der Waals surface area contributed by atoms with Crippen molar-refractivity contribution in [2.75, 3.05) is 20.8 Å². The van der Waals surface area contributed by atoms with Gasteiger partial charge in [-0.25, -0.2) is 0 Å². The van der Waals surface area contributed by atoms with Crippen LogP contribution in [0.4, 0.5) is 0 Å². The number of nitrogens with one attached hydrogen (secondary N) is 1. The van der Waals surface area contributed by atoms with E-state index in [1.54, 1.807) is 14.2 Å². The Hall–Kier alpha value is -2.60. The SMILES string of the molecule is COc1ccc(OC)c([C@H]2CCCN2[C@@H](C)C(=O)c2[nH]c(C)c(C(C)=O)c2C)c1. The zero-order valence-electron chi connectivity index (χ0n) is 18.1. The van der Waals surface area contributed by atoms with Gasteiger partial charge in [0.1, 0.15) is 11.5 Å². The van der Waals surface area contributed by atoms with Gasteiger partial charge in [0.15, 0.2) is 11.6 Å². The predicted octanol–water partition coefficient (Wildman–Crippen LogP) is 4.26. The molecule has 0 spiro atoms. The summed E-state index contributed by atoms with van der Waals surface area (Å²) in [6.07, 6.45) is 1.95. The number of ether oxygens (including phenoxy) is 2. The molecule has 1 aliphatic heterocycles. The Morgan fingerprint density at radius 1 is 1.21 bits per heavy atom. The predicted molar refractivity (Wildman–Crippen MR) is 112 cm³/mol. The Morgan fingerprint density at radius 3 is 2.52 bits per heavy atom. The molecule has 2 heterocycles. The number of hydrogen-bond acceptors (Lipinski definition) is 5. The first kappa shape index (κ1) is 21.1. The standard InChI is InChI=1S/C23H30N2O4/c1-13-21(16(4)26)14(2)24-22(13)23(27)15(3)25-11-7-8-19(25)18-12-17(28-5)9-10-20(18)29-6/h9-10,12,15,19,24H,7-8,11H2,1-6H3/t15-,19+/m0/s1. The number of hydrogen-bond donors (Lipinski definition) is 1. The van der Waals surface area contributed by atoms with E-state index in [4.69, 9.17) is 9.47 Å². The van der Waals surface area contributed by atoms with Crippen LogP contribution >= 0.6 is 0 Å². The van der Waals surface area contributed by atoms with Gasteiger partial charge in [0.25, 0.3) is 0 Å². The molecular formula is C23H30N2O4. The first-order valence-electron chi connectivity index (χ1n) is 10.0. The molecule has 1 aromatic heterocycles. The number of Topliss-reactive ketones (excluding diaryl/α,β-unsaturated/α-hetero) is 2. The Kier molecular flexibility index (Phi) is 6.13. The van der Waals surface area contributed by atoms with Crippen molar-refractivity contribution in [3.63, 3.8) is 0 Å². The number of aromatic amines is 1. The van der Waals surface area contributed by atoms with Crippen molar-refractivity contribution in [2.45, 2.75) is 52.6 Å². The van der Waals surface area contributed by atoms with Gasteiger partial charge in [-0.2, -0.15) is 0 Å². The van der Waals surface area contributed by atoms with E-state index in [-0.39, 0.29) is 23.7 Å². The Balaban J connectivity index is 1.93. The van der Waals surface area contributed by atoms with E-state index in [0.29, 0.717) is 11.3 Å². The summed E-state index contributed by atoms with van der Waals surface area (Å²) in [5.41, 5.74) is 3.67. The second kappa shape index (κ2) is 8.41. The van der Waals surface area contributed by atoms with Crippen LogP contribution in [0.15, 0.2) is 18.2 Å². The Morgan fingerprint density at radius 2 is 1.93 bits per heavy atom. The third kappa shape index (κ3) is 3.81.